The number of benzene rings is 1. The third-order valence-electron chi connectivity index (χ3n) is 3.08. The van der Waals surface area contributed by atoms with Crippen LogP contribution in [0.3, 0.4) is 0 Å². The molecule has 0 unspecified atom stereocenters. The maximum atomic E-state index is 12.1. The van der Waals surface area contributed by atoms with Gasteiger partial charge in [0.15, 0.2) is 15.3 Å². The van der Waals surface area contributed by atoms with Gasteiger partial charge in [-0.2, -0.15) is 10.1 Å². The molecule has 0 radical (unpaired) electrons. The molecule has 0 N–H and O–H groups in total. The summed E-state index contributed by atoms with van der Waals surface area (Å²) in [6, 6.07) is 6.83. The molecule has 2 aliphatic rings. The van der Waals surface area contributed by atoms with Gasteiger partial charge in [-0.15, -0.1) is 0 Å². The monoisotopic (exact) mass is 353 g/mol. The molecule has 0 bridgehead atoms. The minimum atomic E-state index is -0.108. The summed E-state index contributed by atoms with van der Waals surface area (Å²) in [4.78, 5) is 27.6. The van der Waals surface area contributed by atoms with Crippen molar-refractivity contribution >= 4 is 56.4 Å². The molecule has 2 heterocycles. The van der Waals surface area contributed by atoms with Crippen LogP contribution in [0, 0.1) is 0 Å². The number of thioether (sulfide) groups is 2. The van der Waals surface area contributed by atoms with Crippen molar-refractivity contribution in [3.8, 4) is 0 Å². The molecule has 1 aromatic carbocycles. The highest BCUT2D eigenvalue weighted by Gasteiger charge is 2.27. The fourth-order valence-corrected chi connectivity index (χ4v) is 3.99. The van der Waals surface area contributed by atoms with Crippen molar-refractivity contribution in [2.45, 2.75) is 12.8 Å². The molecule has 5 nitrogen and oxygen atoms in total. The Balaban J connectivity index is 1.59. The lowest BCUT2D eigenvalue weighted by atomic mass is 10.1. The Bertz CT molecular complexity index is 673. The quantitative estimate of drug-likeness (QED) is 0.780. The molecule has 1 amide bonds. The van der Waals surface area contributed by atoms with E-state index < -0.39 is 0 Å². The normalized spacial score (nSPS) is 17.7. The Morgan fingerprint density at radius 2 is 2.14 bits per heavy atom. The van der Waals surface area contributed by atoms with Crippen LogP contribution in [0.5, 0.6) is 0 Å². The molecule has 0 fully saturated rings. The summed E-state index contributed by atoms with van der Waals surface area (Å²) in [5, 5.41) is 7.37. The van der Waals surface area contributed by atoms with Gasteiger partial charge in [-0.05, 0) is 42.4 Å². The van der Waals surface area contributed by atoms with Gasteiger partial charge in [0, 0.05) is 23.6 Å². The molecule has 0 atom stereocenters. The number of amides is 1. The maximum absolute atomic E-state index is 12.1. The predicted octanol–water partition coefficient (Wildman–Crippen LogP) is 3.25. The van der Waals surface area contributed by atoms with E-state index in [0.717, 1.165) is 10.8 Å². The molecular formula is C14H12ClN3O2S2. The van der Waals surface area contributed by atoms with Crippen LogP contribution in [0.4, 0.5) is 0 Å². The molecule has 0 aromatic heterocycles. The van der Waals surface area contributed by atoms with Crippen LogP contribution in [-0.2, 0) is 4.79 Å². The van der Waals surface area contributed by atoms with E-state index in [1.165, 1.54) is 23.5 Å². The molecule has 3 rings (SSSR count). The summed E-state index contributed by atoms with van der Waals surface area (Å²) < 4.78 is 0.746. The molecular weight excluding hydrogens is 342 g/mol. The number of ketones is 1. The highest BCUT2D eigenvalue weighted by Crippen LogP contribution is 2.30. The van der Waals surface area contributed by atoms with Crippen LogP contribution < -0.4 is 0 Å². The molecule has 2 aliphatic heterocycles. The third-order valence-corrected chi connectivity index (χ3v) is 5.41. The van der Waals surface area contributed by atoms with Crippen molar-refractivity contribution in [1.82, 2.24) is 5.01 Å². The van der Waals surface area contributed by atoms with Crippen LogP contribution in [0.25, 0.3) is 0 Å². The van der Waals surface area contributed by atoms with Gasteiger partial charge in [0.05, 0.1) is 5.75 Å². The number of amidine groups is 1. The topological polar surface area (TPSA) is 62.1 Å². The molecule has 22 heavy (non-hydrogen) atoms. The highest BCUT2D eigenvalue weighted by molar-refractivity contribution is 8.45. The van der Waals surface area contributed by atoms with E-state index in [-0.39, 0.29) is 11.7 Å². The largest absolute Gasteiger partial charge is 0.293 e. The average molecular weight is 354 g/mol. The maximum Gasteiger partial charge on any atom is 0.248 e. The second kappa shape index (κ2) is 6.85. The van der Waals surface area contributed by atoms with Crippen molar-refractivity contribution in [3.05, 3.63) is 34.9 Å². The van der Waals surface area contributed by atoms with Crippen molar-refractivity contribution in [2.75, 3.05) is 12.3 Å². The van der Waals surface area contributed by atoms with Crippen LogP contribution >= 0.6 is 35.1 Å². The minimum absolute atomic E-state index is 0.0186. The number of carbonyl (C=O) groups excluding carboxylic acids is 2. The summed E-state index contributed by atoms with van der Waals surface area (Å²) in [7, 11) is 0. The number of hydrazone groups is 1. The van der Waals surface area contributed by atoms with Gasteiger partial charge in [-0.1, -0.05) is 23.4 Å². The zero-order valence-electron chi connectivity index (χ0n) is 11.5. The van der Waals surface area contributed by atoms with E-state index in [2.05, 4.69) is 10.1 Å². The first-order valence-electron chi connectivity index (χ1n) is 6.69. The number of nitrogens with zero attached hydrogens (tertiary/aromatic N) is 3. The highest BCUT2D eigenvalue weighted by atomic mass is 35.5. The number of hydrogen-bond donors (Lipinski definition) is 0. The Hall–Kier alpha value is -1.31. The number of fused-ring (bicyclic) bond motifs is 1. The number of aliphatic imine (C=N–C) groups is 1. The molecule has 8 heteroatoms. The van der Waals surface area contributed by atoms with Crippen molar-refractivity contribution < 1.29 is 9.59 Å². The van der Waals surface area contributed by atoms with Crippen LogP contribution in [0.2, 0.25) is 5.02 Å². The predicted molar refractivity (Wildman–Crippen MR) is 91.6 cm³/mol. The average Bonchev–Trinajstić information content (AvgIpc) is 2.79. The lowest BCUT2D eigenvalue weighted by molar-refractivity contribution is -0.117. The van der Waals surface area contributed by atoms with E-state index in [1.54, 1.807) is 29.3 Å². The van der Waals surface area contributed by atoms with Gasteiger partial charge < -0.3 is 0 Å². The summed E-state index contributed by atoms with van der Waals surface area (Å²) in [5.41, 5.74) is 0.627. The Labute approximate surface area is 141 Å². The van der Waals surface area contributed by atoms with Crippen molar-refractivity contribution in [1.29, 1.82) is 0 Å². The zero-order chi connectivity index (χ0) is 15.5. The summed E-state index contributed by atoms with van der Waals surface area (Å²) in [5.74, 6) is 0.205. The first kappa shape index (κ1) is 15.6. The fraction of sp³-hybridized carbons (Fsp3) is 0.286. The summed E-state index contributed by atoms with van der Waals surface area (Å²) in [6.07, 6.45) is 1.21. The number of hydrogen-bond acceptors (Lipinski definition) is 6. The number of Topliss-reactive ketones (excluding diaryl/α,β-unsaturated/α-hetero) is 1. The minimum Gasteiger partial charge on any atom is -0.293 e. The fourth-order valence-electron chi connectivity index (χ4n) is 1.97. The van der Waals surface area contributed by atoms with E-state index in [4.69, 9.17) is 11.6 Å². The molecule has 0 saturated heterocycles. The Morgan fingerprint density at radius 3 is 2.91 bits per heavy atom. The van der Waals surface area contributed by atoms with Gasteiger partial charge in [-0.3, -0.25) is 9.59 Å². The number of rotatable bonds is 3. The van der Waals surface area contributed by atoms with Gasteiger partial charge >= 0.3 is 0 Å². The van der Waals surface area contributed by atoms with Gasteiger partial charge in [0.1, 0.15) is 0 Å². The lowest BCUT2D eigenvalue weighted by Gasteiger charge is -2.08. The molecule has 0 aliphatic carbocycles. The molecule has 0 spiro atoms. The van der Waals surface area contributed by atoms with E-state index in [0.29, 0.717) is 34.5 Å². The zero-order valence-corrected chi connectivity index (χ0v) is 13.9. The number of halogens is 1. The molecule has 1 aromatic rings. The molecule has 0 saturated carbocycles. The van der Waals surface area contributed by atoms with Crippen LogP contribution in [0.1, 0.15) is 23.2 Å². The van der Waals surface area contributed by atoms with E-state index >= 15 is 0 Å². The van der Waals surface area contributed by atoms with E-state index in [9.17, 15) is 9.59 Å². The first-order valence-corrected chi connectivity index (χ1v) is 8.87. The first-order chi connectivity index (χ1) is 10.6. The van der Waals surface area contributed by atoms with Gasteiger partial charge in [0.25, 0.3) is 0 Å². The van der Waals surface area contributed by atoms with Crippen molar-refractivity contribution in [3.63, 3.8) is 0 Å². The SMILES string of the molecule is O=C1CCCN2N=C(SCC(=O)c3ccc(Cl)cc3)SC2=N1. The van der Waals surface area contributed by atoms with Gasteiger partial charge in [0.2, 0.25) is 5.91 Å². The van der Waals surface area contributed by atoms with Crippen molar-refractivity contribution in [2.24, 2.45) is 10.1 Å². The Kier molecular flexibility index (Phi) is 4.85. The van der Waals surface area contributed by atoms with Crippen LogP contribution in [0.15, 0.2) is 34.4 Å². The smallest absolute Gasteiger partial charge is 0.248 e. The second-order valence-corrected chi connectivity index (χ2v) is 7.32. The van der Waals surface area contributed by atoms with Crippen LogP contribution in [-0.4, -0.2) is 38.5 Å². The number of carbonyl (C=O) groups is 2. The Morgan fingerprint density at radius 1 is 1.36 bits per heavy atom. The standard InChI is InChI=1S/C14H12ClN3O2S2/c15-10-5-3-9(4-6-10)11(19)8-21-14-17-18-7-1-2-12(20)16-13(18)22-14/h3-6H,1-2,7-8H2. The lowest BCUT2D eigenvalue weighted by Crippen LogP contribution is -2.18. The summed E-state index contributed by atoms with van der Waals surface area (Å²) >= 11 is 8.51. The summed E-state index contributed by atoms with van der Waals surface area (Å²) in [6.45, 7) is 0.687. The van der Waals surface area contributed by atoms with E-state index in [1.807, 2.05) is 0 Å². The second-order valence-electron chi connectivity index (χ2n) is 4.70. The molecule has 114 valence electrons. The third kappa shape index (κ3) is 3.71. The van der Waals surface area contributed by atoms with Gasteiger partial charge in [-0.25, -0.2) is 5.01 Å².